The standard InChI is InChI=1S/C6H9NO3S.CH4/c1-5(7)3-4-6(2)11(8,9)10;/h3-4H,1-2,7H2,(H,8,9,10);1H4/b4-3-;. The lowest BCUT2D eigenvalue weighted by molar-refractivity contribution is 0.492. The highest BCUT2D eigenvalue weighted by Gasteiger charge is 2.05. The van der Waals surface area contributed by atoms with E-state index < -0.39 is 15.0 Å². The molecule has 0 fully saturated rings. The summed E-state index contributed by atoms with van der Waals surface area (Å²) in [5.74, 6) is 0. The van der Waals surface area contributed by atoms with Gasteiger partial charge in [0.15, 0.2) is 0 Å². The normalized spacial score (nSPS) is 10.8. The summed E-state index contributed by atoms with van der Waals surface area (Å²) in [5.41, 5.74) is 5.27. The van der Waals surface area contributed by atoms with Crippen molar-refractivity contribution in [1.29, 1.82) is 0 Å². The molecular weight excluding hydrogens is 178 g/mol. The highest BCUT2D eigenvalue weighted by molar-refractivity contribution is 7.90. The fourth-order valence-corrected chi connectivity index (χ4v) is 0.526. The van der Waals surface area contributed by atoms with E-state index in [2.05, 4.69) is 13.2 Å². The fraction of sp³-hybridized carbons (Fsp3) is 0.143. The predicted octanol–water partition coefficient (Wildman–Crippen LogP) is 1.05. The second kappa shape index (κ2) is 4.74. The van der Waals surface area contributed by atoms with Gasteiger partial charge in [-0.25, -0.2) is 0 Å². The zero-order valence-corrected chi connectivity index (χ0v) is 6.63. The summed E-state index contributed by atoms with van der Waals surface area (Å²) in [6.45, 7) is 6.36. The quantitative estimate of drug-likeness (QED) is 0.516. The van der Waals surface area contributed by atoms with Crippen LogP contribution >= 0.6 is 0 Å². The van der Waals surface area contributed by atoms with Gasteiger partial charge in [-0.15, -0.1) is 0 Å². The number of rotatable bonds is 3. The Bertz CT molecular complexity index is 301. The highest BCUT2D eigenvalue weighted by atomic mass is 32.2. The second-order valence-corrected chi connectivity index (χ2v) is 3.32. The molecule has 0 saturated carbocycles. The molecule has 0 aliphatic heterocycles. The molecule has 3 N–H and O–H groups in total. The van der Waals surface area contributed by atoms with Crippen molar-refractivity contribution in [2.45, 2.75) is 7.43 Å². The molecule has 0 aromatic rings. The van der Waals surface area contributed by atoms with Crippen molar-refractivity contribution >= 4 is 10.1 Å². The third-order valence-corrected chi connectivity index (χ3v) is 1.61. The minimum Gasteiger partial charge on any atom is -0.399 e. The maximum Gasteiger partial charge on any atom is 0.293 e. The first kappa shape index (κ1) is 13.5. The molecule has 0 radical (unpaired) electrons. The Morgan fingerprint density at radius 2 is 1.75 bits per heavy atom. The number of nitrogens with two attached hydrogens (primary N) is 1. The lowest BCUT2D eigenvalue weighted by atomic mass is 10.4. The minimum atomic E-state index is -4.18. The Labute approximate surface area is 72.8 Å². The van der Waals surface area contributed by atoms with Crippen LogP contribution in [0.4, 0.5) is 0 Å². The van der Waals surface area contributed by atoms with Crippen molar-refractivity contribution in [3.8, 4) is 0 Å². The molecule has 0 unspecified atom stereocenters. The van der Waals surface area contributed by atoms with Gasteiger partial charge in [-0.1, -0.05) is 20.6 Å². The Balaban J connectivity index is 0. The topological polar surface area (TPSA) is 80.4 Å². The van der Waals surface area contributed by atoms with E-state index in [0.29, 0.717) is 0 Å². The van der Waals surface area contributed by atoms with Gasteiger partial charge in [0.25, 0.3) is 10.1 Å². The van der Waals surface area contributed by atoms with E-state index in [0.717, 1.165) is 6.08 Å². The number of hydrogen-bond donors (Lipinski definition) is 2. The summed E-state index contributed by atoms with van der Waals surface area (Å²) in [5, 5.41) is 0. The van der Waals surface area contributed by atoms with Crippen LogP contribution in [0.3, 0.4) is 0 Å². The van der Waals surface area contributed by atoms with Crippen LogP contribution in [-0.2, 0) is 10.1 Å². The number of allylic oxidation sites excluding steroid dienone is 2. The van der Waals surface area contributed by atoms with Crippen molar-refractivity contribution in [3.05, 3.63) is 35.9 Å². The molecule has 70 valence electrons. The zero-order valence-electron chi connectivity index (χ0n) is 5.82. The van der Waals surface area contributed by atoms with Gasteiger partial charge >= 0.3 is 0 Å². The van der Waals surface area contributed by atoms with Crippen LogP contribution in [-0.4, -0.2) is 13.0 Å². The maximum atomic E-state index is 10.3. The molecule has 0 heterocycles. The van der Waals surface area contributed by atoms with E-state index in [1.807, 2.05) is 0 Å². The van der Waals surface area contributed by atoms with Gasteiger partial charge < -0.3 is 5.73 Å². The first-order valence-corrected chi connectivity index (χ1v) is 4.07. The molecule has 0 aliphatic carbocycles. The average Bonchev–Trinajstić information content (AvgIpc) is 1.80. The third kappa shape index (κ3) is 5.70. The minimum absolute atomic E-state index is 0. The molecule has 0 atom stereocenters. The van der Waals surface area contributed by atoms with E-state index in [4.69, 9.17) is 10.3 Å². The van der Waals surface area contributed by atoms with Crippen molar-refractivity contribution < 1.29 is 13.0 Å². The molecule has 0 saturated heterocycles. The first-order chi connectivity index (χ1) is 4.84. The Hall–Kier alpha value is -1.07. The molecule has 0 aromatic carbocycles. The Morgan fingerprint density at radius 1 is 1.33 bits per heavy atom. The molecule has 5 heteroatoms. The highest BCUT2D eigenvalue weighted by Crippen LogP contribution is 2.02. The molecule has 0 bridgehead atoms. The van der Waals surface area contributed by atoms with Gasteiger partial charge in [-0.3, -0.25) is 4.55 Å². The van der Waals surface area contributed by atoms with Crippen molar-refractivity contribution in [2.75, 3.05) is 0 Å². The molecule has 0 aliphatic rings. The summed E-state index contributed by atoms with van der Waals surface area (Å²) in [6.07, 6.45) is 2.30. The molecule has 0 amide bonds. The second-order valence-electron chi connectivity index (χ2n) is 1.85. The average molecular weight is 191 g/mol. The van der Waals surface area contributed by atoms with E-state index >= 15 is 0 Å². The van der Waals surface area contributed by atoms with Crippen molar-refractivity contribution in [3.63, 3.8) is 0 Å². The van der Waals surface area contributed by atoms with Gasteiger partial charge in [0.05, 0.1) is 4.91 Å². The number of hydrogen-bond acceptors (Lipinski definition) is 3. The van der Waals surface area contributed by atoms with Gasteiger partial charge in [0.1, 0.15) is 0 Å². The summed E-state index contributed by atoms with van der Waals surface area (Å²) in [4.78, 5) is -0.413. The van der Waals surface area contributed by atoms with Gasteiger partial charge in [0, 0.05) is 5.70 Å². The van der Waals surface area contributed by atoms with Crippen molar-refractivity contribution in [1.82, 2.24) is 0 Å². The van der Waals surface area contributed by atoms with E-state index in [1.54, 1.807) is 0 Å². The SMILES string of the molecule is C.C=C(N)/C=C\C(=C)S(=O)(=O)O. The van der Waals surface area contributed by atoms with Crippen LogP contribution in [0.15, 0.2) is 35.9 Å². The smallest absolute Gasteiger partial charge is 0.293 e. The molecular formula is C7H13NO3S. The van der Waals surface area contributed by atoms with Crippen LogP contribution in [0, 0.1) is 0 Å². The summed E-state index contributed by atoms with van der Waals surface area (Å²) >= 11 is 0. The third-order valence-electron chi connectivity index (χ3n) is 0.815. The van der Waals surface area contributed by atoms with E-state index in [-0.39, 0.29) is 13.1 Å². The first-order valence-electron chi connectivity index (χ1n) is 2.63. The molecule has 4 nitrogen and oxygen atoms in total. The van der Waals surface area contributed by atoms with Crippen LogP contribution in [0.5, 0.6) is 0 Å². The van der Waals surface area contributed by atoms with Gasteiger partial charge in [-0.05, 0) is 12.2 Å². The lowest BCUT2D eigenvalue weighted by Crippen LogP contribution is -1.98. The van der Waals surface area contributed by atoms with Crippen molar-refractivity contribution in [2.24, 2.45) is 5.73 Å². The molecule has 0 aromatic heterocycles. The van der Waals surface area contributed by atoms with Gasteiger partial charge in [-0.2, -0.15) is 8.42 Å². The zero-order chi connectivity index (χ0) is 9.07. The summed E-state index contributed by atoms with van der Waals surface area (Å²) in [6, 6.07) is 0. The Kier molecular flexibility index (Phi) is 5.33. The summed E-state index contributed by atoms with van der Waals surface area (Å²) in [7, 11) is -4.18. The molecule has 0 spiro atoms. The predicted molar refractivity (Wildman–Crippen MR) is 49.9 cm³/mol. The largest absolute Gasteiger partial charge is 0.399 e. The van der Waals surface area contributed by atoms with Crippen LogP contribution in [0.25, 0.3) is 0 Å². The van der Waals surface area contributed by atoms with Crippen LogP contribution < -0.4 is 5.73 Å². The fourth-order valence-electron chi connectivity index (χ4n) is 0.286. The molecule has 12 heavy (non-hydrogen) atoms. The van der Waals surface area contributed by atoms with E-state index in [9.17, 15) is 8.42 Å². The Morgan fingerprint density at radius 3 is 2.00 bits per heavy atom. The van der Waals surface area contributed by atoms with E-state index in [1.165, 1.54) is 6.08 Å². The molecule has 0 rings (SSSR count). The summed E-state index contributed by atoms with van der Waals surface area (Å²) < 4.78 is 28.9. The van der Waals surface area contributed by atoms with Gasteiger partial charge in [0.2, 0.25) is 0 Å². The lowest BCUT2D eigenvalue weighted by Gasteiger charge is -1.92. The van der Waals surface area contributed by atoms with Crippen LogP contribution in [0.2, 0.25) is 0 Å². The van der Waals surface area contributed by atoms with Crippen LogP contribution in [0.1, 0.15) is 7.43 Å². The monoisotopic (exact) mass is 191 g/mol. The maximum absolute atomic E-state index is 10.3.